The van der Waals surface area contributed by atoms with E-state index in [1.54, 1.807) is 19.2 Å². The first-order valence-corrected chi connectivity index (χ1v) is 4.72. The van der Waals surface area contributed by atoms with Crippen LogP contribution in [0.25, 0.3) is 0 Å². The van der Waals surface area contributed by atoms with Gasteiger partial charge in [-0.15, -0.1) is 0 Å². The number of ether oxygens (including phenoxy) is 1. The van der Waals surface area contributed by atoms with Crippen molar-refractivity contribution in [1.82, 2.24) is 10.3 Å². The zero-order chi connectivity index (χ0) is 11.1. The molecule has 0 fully saturated rings. The normalized spacial score (nSPS) is 9.93. The minimum atomic E-state index is -0.139. The fraction of sp³-hybridized carbons (Fsp3) is 0.400. The van der Waals surface area contributed by atoms with Gasteiger partial charge in [0.25, 0.3) is 5.91 Å². The SMILES string of the molecule is COCCCNC(=O)c1ccnc(N)c1. The van der Waals surface area contributed by atoms with E-state index in [1.165, 1.54) is 6.20 Å². The summed E-state index contributed by atoms with van der Waals surface area (Å²) in [6.45, 7) is 1.23. The van der Waals surface area contributed by atoms with Crippen molar-refractivity contribution in [3.05, 3.63) is 23.9 Å². The van der Waals surface area contributed by atoms with Crippen LogP contribution in [0.15, 0.2) is 18.3 Å². The Balaban J connectivity index is 2.40. The minimum Gasteiger partial charge on any atom is -0.385 e. The molecule has 82 valence electrons. The number of nitrogens with one attached hydrogen (secondary N) is 1. The van der Waals surface area contributed by atoms with Gasteiger partial charge in [0, 0.05) is 32.0 Å². The largest absolute Gasteiger partial charge is 0.385 e. The molecule has 15 heavy (non-hydrogen) atoms. The molecule has 0 spiro atoms. The lowest BCUT2D eigenvalue weighted by molar-refractivity contribution is 0.0948. The van der Waals surface area contributed by atoms with Crippen molar-refractivity contribution < 1.29 is 9.53 Å². The lowest BCUT2D eigenvalue weighted by Gasteiger charge is -2.04. The Labute approximate surface area is 88.6 Å². The lowest BCUT2D eigenvalue weighted by Crippen LogP contribution is -2.25. The maximum absolute atomic E-state index is 11.5. The average molecular weight is 209 g/mol. The summed E-state index contributed by atoms with van der Waals surface area (Å²) in [4.78, 5) is 15.3. The summed E-state index contributed by atoms with van der Waals surface area (Å²) in [6.07, 6.45) is 2.31. The van der Waals surface area contributed by atoms with Crippen molar-refractivity contribution in [1.29, 1.82) is 0 Å². The number of anilines is 1. The van der Waals surface area contributed by atoms with Crippen LogP contribution in [0.4, 0.5) is 5.82 Å². The van der Waals surface area contributed by atoms with Crippen molar-refractivity contribution in [3.63, 3.8) is 0 Å². The molecular weight excluding hydrogens is 194 g/mol. The first-order valence-electron chi connectivity index (χ1n) is 4.72. The number of carbonyl (C=O) groups is 1. The third kappa shape index (κ3) is 3.95. The molecule has 1 rings (SSSR count). The van der Waals surface area contributed by atoms with E-state index in [4.69, 9.17) is 10.5 Å². The molecule has 0 aromatic carbocycles. The topological polar surface area (TPSA) is 77.2 Å². The standard InChI is InChI=1S/C10H15N3O2/c1-15-6-2-4-13-10(14)8-3-5-12-9(11)7-8/h3,5,7H,2,4,6H2,1H3,(H2,11,12)(H,13,14). The van der Waals surface area contributed by atoms with Gasteiger partial charge < -0.3 is 15.8 Å². The molecule has 0 atom stereocenters. The maximum atomic E-state index is 11.5. The Bertz CT molecular complexity index is 328. The molecule has 0 aliphatic carbocycles. The molecule has 0 aliphatic rings. The van der Waals surface area contributed by atoms with Crippen molar-refractivity contribution >= 4 is 11.7 Å². The second-order valence-electron chi connectivity index (χ2n) is 3.07. The van der Waals surface area contributed by atoms with Crippen molar-refractivity contribution in [2.45, 2.75) is 6.42 Å². The smallest absolute Gasteiger partial charge is 0.251 e. The highest BCUT2D eigenvalue weighted by molar-refractivity contribution is 5.94. The van der Waals surface area contributed by atoms with Gasteiger partial charge in [-0.05, 0) is 18.6 Å². The Morgan fingerprint density at radius 3 is 3.13 bits per heavy atom. The summed E-state index contributed by atoms with van der Waals surface area (Å²) in [7, 11) is 1.63. The van der Waals surface area contributed by atoms with E-state index in [2.05, 4.69) is 10.3 Å². The minimum absolute atomic E-state index is 0.139. The zero-order valence-corrected chi connectivity index (χ0v) is 8.69. The van der Waals surface area contributed by atoms with Gasteiger partial charge >= 0.3 is 0 Å². The monoisotopic (exact) mass is 209 g/mol. The van der Waals surface area contributed by atoms with E-state index in [1.807, 2.05) is 0 Å². The summed E-state index contributed by atoms with van der Waals surface area (Å²) in [5.74, 6) is 0.208. The average Bonchev–Trinajstić information content (AvgIpc) is 2.24. The summed E-state index contributed by atoms with van der Waals surface area (Å²) in [6, 6.07) is 3.17. The van der Waals surface area contributed by atoms with Crippen molar-refractivity contribution in [2.24, 2.45) is 0 Å². The van der Waals surface area contributed by atoms with E-state index < -0.39 is 0 Å². The highest BCUT2D eigenvalue weighted by Crippen LogP contribution is 2.02. The van der Waals surface area contributed by atoms with Gasteiger partial charge in [-0.2, -0.15) is 0 Å². The molecule has 0 unspecified atom stereocenters. The van der Waals surface area contributed by atoms with Crippen LogP contribution in [-0.4, -0.2) is 31.2 Å². The number of nitrogen functional groups attached to an aromatic ring is 1. The molecule has 0 bridgehead atoms. The van der Waals surface area contributed by atoms with Gasteiger partial charge in [0.2, 0.25) is 0 Å². The molecule has 0 aliphatic heterocycles. The molecule has 5 heteroatoms. The van der Waals surface area contributed by atoms with Crippen LogP contribution in [0.3, 0.4) is 0 Å². The van der Waals surface area contributed by atoms with Gasteiger partial charge in [0.05, 0.1) is 0 Å². The van der Waals surface area contributed by atoms with Crippen LogP contribution >= 0.6 is 0 Å². The van der Waals surface area contributed by atoms with Crippen LogP contribution in [0, 0.1) is 0 Å². The summed E-state index contributed by atoms with van der Waals surface area (Å²) in [5.41, 5.74) is 5.99. The summed E-state index contributed by atoms with van der Waals surface area (Å²) in [5, 5.41) is 2.76. The molecule has 1 amide bonds. The number of amides is 1. The molecule has 1 aromatic rings. The molecule has 0 radical (unpaired) electrons. The third-order valence-electron chi connectivity index (χ3n) is 1.85. The molecular formula is C10H15N3O2. The van der Waals surface area contributed by atoms with Gasteiger partial charge in [-0.1, -0.05) is 0 Å². The molecule has 1 aromatic heterocycles. The quantitative estimate of drug-likeness (QED) is 0.689. The Hall–Kier alpha value is -1.62. The maximum Gasteiger partial charge on any atom is 0.251 e. The van der Waals surface area contributed by atoms with Gasteiger partial charge in [-0.3, -0.25) is 4.79 Å². The number of methoxy groups -OCH3 is 1. The fourth-order valence-corrected chi connectivity index (χ4v) is 1.11. The zero-order valence-electron chi connectivity index (χ0n) is 8.69. The number of rotatable bonds is 5. The number of hydrogen-bond donors (Lipinski definition) is 2. The molecule has 5 nitrogen and oxygen atoms in total. The Morgan fingerprint density at radius 1 is 1.67 bits per heavy atom. The second-order valence-corrected chi connectivity index (χ2v) is 3.07. The van der Waals surface area contributed by atoms with Gasteiger partial charge in [0.15, 0.2) is 0 Å². The van der Waals surface area contributed by atoms with E-state index in [0.717, 1.165) is 6.42 Å². The number of hydrogen-bond acceptors (Lipinski definition) is 4. The number of aromatic nitrogens is 1. The van der Waals surface area contributed by atoms with Gasteiger partial charge in [0.1, 0.15) is 5.82 Å². The Morgan fingerprint density at radius 2 is 2.47 bits per heavy atom. The lowest BCUT2D eigenvalue weighted by atomic mass is 10.2. The molecule has 1 heterocycles. The summed E-state index contributed by atoms with van der Waals surface area (Å²) >= 11 is 0. The predicted molar refractivity (Wildman–Crippen MR) is 57.5 cm³/mol. The van der Waals surface area contributed by atoms with E-state index in [-0.39, 0.29) is 5.91 Å². The van der Waals surface area contributed by atoms with Crippen LogP contribution in [0.5, 0.6) is 0 Å². The Kier molecular flexibility index (Phi) is 4.56. The summed E-state index contributed by atoms with van der Waals surface area (Å²) < 4.78 is 4.87. The molecule has 0 saturated carbocycles. The van der Waals surface area contributed by atoms with E-state index in [0.29, 0.717) is 24.5 Å². The molecule has 3 N–H and O–H groups in total. The van der Waals surface area contributed by atoms with Crippen LogP contribution in [-0.2, 0) is 4.74 Å². The van der Waals surface area contributed by atoms with E-state index in [9.17, 15) is 4.79 Å². The van der Waals surface area contributed by atoms with Gasteiger partial charge in [-0.25, -0.2) is 4.98 Å². The number of carbonyl (C=O) groups excluding carboxylic acids is 1. The van der Waals surface area contributed by atoms with Crippen LogP contribution in [0.1, 0.15) is 16.8 Å². The second kappa shape index (κ2) is 5.98. The number of nitrogens with zero attached hydrogens (tertiary/aromatic N) is 1. The highest BCUT2D eigenvalue weighted by atomic mass is 16.5. The molecule has 0 saturated heterocycles. The third-order valence-corrected chi connectivity index (χ3v) is 1.85. The fourth-order valence-electron chi connectivity index (χ4n) is 1.11. The predicted octanol–water partition coefficient (Wildman–Crippen LogP) is 0.430. The van der Waals surface area contributed by atoms with Crippen molar-refractivity contribution in [3.8, 4) is 0 Å². The van der Waals surface area contributed by atoms with Crippen molar-refractivity contribution in [2.75, 3.05) is 26.0 Å². The van der Waals surface area contributed by atoms with E-state index >= 15 is 0 Å². The number of nitrogens with two attached hydrogens (primary N) is 1. The van der Waals surface area contributed by atoms with Crippen LogP contribution in [0.2, 0.25) is 0 Å². The highest BCUT2D eigenvalue weighted by Gasteiger charge is 2.04. The number of pyridine rings is 1. The van der Waals surface area contributed by atoms with Crippen LogP contribution < -0.4 is 11.1 Å². The first-order chi connectivity index (χ1) is 7.24. The first kappa shape index (κ1) is 11.5.